The van der Waals surface area contributed by atoms with Crippen LogP contribution in [-0.2, 0) is 11.1 Å². The number of aromatic nitrogens is 6. The van der Waals surface area contributed by atoms with E-state index in [4.69, 9.17) is 14.7 Å². The summed E-state index contributed by atoms with van der Waals surface area (Å²) >= 11 is -2.09. The van der Waals surface area contributed by atoms with Gasteiger partial charge >= 0.3 is 0 Å². The molecule has 0 spiro atoms. The maximum Gasteiger partial charge on any atom is 0.250 e. The molecule has 38 heavy (non-hydrogen) atoms. The molecule has 1 unspecified atom stereocenters. The molecule has 200 valence electrons. The molecule has 2 atom stereocenters. The van der Waals surface area contributed by atoms with E-state index in [0.717, 1.165) is 18.7 Å². The number of pyridine rings is 2. The van der Waals surface area contributed by atoms with Crippen molar-refractivity contribution in [2.75, 3.05) is 44.5 Å². The van der Waals surface area contributed by atoms with Crippen molar-refractivity contribution in [1.29, 1.82) is 0 Å². The number of hydrogen-bond acceptors (Lipinski definition) is 11. The Bertz CT molecular complexity index is 1480. The molecule has 1 saturated heterocycles. The Kier molecular flexibility index (Phi) is 7.56. The van der Waals surface area contributed by atoms with E-state index in [9.17, 15) is 13.2 Å². The summed E-state index contributed by atoms with van der Waals surface area (Å²) in [4.78, 5) is 29.4. The van der Waals surface area contributed by atoms with E-state index in [0.29, 0.717) is 52.8 Å². The highest BCUT2D eigenvalue weighted by Gasteiger charge is 2.24. The average Bonchev–Trinajstić information content (AvgIpc) is 3.37. The largest absolute Gasteiger partial charge is 0.771 e. The minimum Gasteiger partial charge on any atom is -0.771 e. The van der Waals surface area contributed by atoms with E-state index in [1.807, 2.05) is 11.0 Å². The molecule has 1 fully saturated rings. The van der Waals surface area contributed by atoms with Crippen LogP contribution in [0.2, 0.25) is 0 Å². The first-order valence-electron chi connectivity index (χ1n) is 12.0. The summed E-state index contributed by atoms with van der Waals surface area (Å²) in [6, 6.07) is 3.31. The van der Waals surface area contributed by atoms with Gasteiger partial charge in [-0.15, -0.1) is 0 Å². The van der Waals surface area contributed by atoms with Crippen molar-refractivity contribution in [3.05, 3.63) is 48.1 Å². The number of fused-ring (bicyclic) bond motifs is 1. The third-order valence-corrected chi connectivity index (χ3v) is 7.13. The number of piperazine rings is 1. The molecular formula is C24H27FN9O3S-. The second-order valence-corrected chi connectivity index (χ2v) is 9.85. The second-order valence-electron chi connectivity index (χ2n) is 8.99. The van der Waals surface area contributed by atoms with Crippen LogP contribution in [0.3, 0.4) is 0 Å². The fourth-order valence-electron chi connectivity index (χ4n) is 4.55. The molecule has 0 aromatic carbocycles. The van der Waals surface area contributed by atoms with Crippen molar-refractivity contribution in [1.82, 2.24) is 39.7 Å². The van der Waals surface area contributed by atoms with Crippen LogP contribution in [0.15, 0.2) is 30.9 Å². The molecule has 0 radical (unpaired) electrons. The maximum atomic E-state index is 14.3. The van der Waals surface area contributed by atoms with E-state index in [-0.39, 0.29) is 17.8 Å². The Balaban J connectivity index is 1.51. The van der Waals surface area contributed by atoms with Crippen LogP contribution < -0.4 is 10.1 Å². The Hall–Kier alpha value is -3.59. The fraction of sp³-hybridized carbons (Fsp3) is 0.375. The molecule has 1 aliphatic heterocycles. The highest BCUT2D eigenvalue weighted by Crippen LogP contribution is 2.34. The maximum absolute atomic E-state index is 14.3. The van der Waals surface area contributed by atoms with Gasteiger partial charge in [0.1, 0.15) is 22.9 Å². The molecule has 2 N–H and O–H groups in total. The molecule has 5 heterocycles. The van der Waals surface area contributed by atoms with Gasteiger partial charge in [-0.25, -0.2) is 29.3 Å². The minimum atomic E-state index is -2.09. The number of ether oxygens (including phenoxy) is 1. The first-order valence-corrected chi connectivity index (χ1v) is 13.2. The number of methoxy groups -OCH3 is 1. The Morgan fingerprint density at radius 1 is 1.18 bits per heavy atom. The van der Waals surface area contributed by atoms with E-state index >= 15 is 0 Å². The number of aryl methyl sites for hydroxylation is 1. The number of hydrogen-bond donors (Lipinski definition) is 2. The van der Waals surface area contributed by atoms with Crippen LogP contribution >= 0.6 is 0 Å². The Labute approximate surface area is 221 Å². The lowest BCUT2D eigenvalue weighted by molar-refractivity contribution is 0.113. The van der Waals surface area contributed by atoms with Crippen LogP contribution in [0.5, 0.6) is 5.88 Å². The van der Waals surface area contributed by atoms with Crippen molar-refractivity contribution >= 4 is 33.7 Å². The number of nitrogens with zero attached hydrogens (tertiary/aromatic N) is 7. The van der Waals surface area contributed by atoms with Crippen LogP contribution in [0, 0.1) is 12.7 Å². The van der Waals surface area contributed by atoms with Crippen LogP contribution in [0.25, 0.3) is 22.4 Å². The van der Waals surface area contributed by atoms with E-state index in [1.165, 1.54) is 19.4 Å². The SMILES string of the molecule is COc1ncc(Nc2ncc([C@@H](C)N3CCN(CS(=O)[O-])CC3)cc2-c2nc(C)nc3nc[nH]c23)cc1F. The Morgan fingerprint density at radius 2 is 1.97 bits per heavy atom. The zero-order valence-corrected chi connectivity index (χ0v) is 22.0. The quantitative estimate of drug-likeness (QED) is 0.318. The first-order chi connectivity index (χ1) is 18.3. The minimum absolute atomic E-state index is 0.00971. The molecule has 4 aromatic heterocycles. The van der Waals surface area contributed by atoms with Gasteiger partial charge in [0.05, 0.1) is 31.2 Å². The summed E-state index contributed by atoms with van der Waals surface area (Å²) in [6.07, 6.45) is 4.81. The molecule has 12 nitrogen and oxygen atoms in total. The van der Waals surface area contributed by atoms with Crippen molar-refractivity contribution in [3.63, 3.8) is 0 Å². The molecule has 0 aliphatic carbocycles. The highest BCUT2D eigenvalue weighted by molar-refractivity contribution is 7.79. The summed E-state index contributed by atoms with van der Waals surface area (Å²) in [7, 11) is 1.36. The first kappa shape index (κ1) is 26.0. The van der Waals surface area contributed by atoms with Gasteiger partial charge in [-0.3, -0.25) is 14.0 Å². The lowest BCUT2D eigenvalue weighted by Gasteiger charge is -2.38. The van der Waals surface area contributed by atoms with Crippen LogP contribution in [0.1, 0.15) is 24.4 Å². The lowest BCUT2D eigenvalue weighted by atomic mass is 10.0. The van der Waals surface area contributed by atoms with Crippen molar-refractivity contribution < 1.29 is 17.9 Å². The standard InChI is InChI=1S/C24H28FN9O3S/c1-14(34-6-4-33(5-7-34)13-38(35)36)16-8-18(20-21-23(29-12-28-21)31-15(2)30-20)22(26-10-16)32-17-9-19(25)24(37-3)27-11-17/h8-12,14H,4-7,13H2,1-3H3,(H,26,32)(H,35,36)(H,28,29,30,31)/p-1/t14-/m1/s1. The molecule has 14 heteroatoms. The van der Waals surface area contributed by atoms with Crippen LogP contribution in [0.4, 0.5) is 15.9 Å². The fourth-order valence-corrected chi connectivity index (χ4v) is 5.10. The molecule has 4 aromatic rings. The summed E-state index contributed by atoms with van der Waals surface area (Å²) in [5.41, 5.74) is 3.83. The van der Waals surface area contributed by atoms with Crippen molar-refractivity contribution in [2.45, 2.75) is 19.9 Å². The Morgan fingerprint density at radius 3 is 2.68 bits per heavy atom. The summed E-state index contributed by atoms with van der Waals surface area (Å²) in [5.74, 6) is 0.359. The van der Waals surface area contributed by atoms with Gasteiger partial charge in [0.15, 0.2) is 11.5 Å². The predicted octanol–water partition coefficient (Wildman–Crippen LogP) is 2.52. The predicted molar refractivity (Wildman–Crippen MR) is 139 cm³/mol. The van der Waals surface area contributed by atoms with Gasteiger partial charge in [0.25, 0.3) is 0 Å². The topological polar surface area (TPSA) is 148 Å². The average molecular weight is 541 g/mol. The molecular weight excluding hydrogens is 513 g/mol. The molecule has 1 aliphatic rings. The van der Waals surface area contributed by atoms with Crippen LogP contribution in [-0.4, -0.2) is 87.6 Å². The lowest BCUT2D eigenvalue weighted by Crippen LogP contribution is -2.47. The van der Waals surface area contributed by atoms with Crippen molar-refractivity contribution in [3.8, 4) is 17.1 Å². The smallest absolute Gasteiger partial charge is 0.250 e. The summed E-state index contributed by atoms with van der Waals surface area (Å²) in [6.45, 7) is 6.66. The van der Waals surface area contributed by atoms with Gasteiger partial charge in [0, 0.05) is 50.0 Å². The number of imidazole rings is 1. The monoisotopic (exact) mass is 540 g/mol. The third-order valence-electron chi connectivity index (χ3n) is 6.55. The molecule has 0 saturated carbocycles. The zero-order chi connectivity index (χ0) is 26.8. The number of aromatic amines is 1. The number of anilines is 2. The molecule has 0 amide bonds. The van der Waals surface area contributed by atoms with Crippen molar-refractivity contribution in [2.24, 2.45) is 0 Å². The van der Waals surface area contributed by atoms with Gasteiger partial charge in [-0.1, -0.05) is 0 Å². The summed E-state index contributed by atoms with van der Waals surface area (Å²) < 4.78 is 41.4. The number of halogens is 1. The van der Waals surface area contributed by atoms with E-state index < -0.39 is 16.9 Å². The van der Waals surface area contributed by atoms with E-state index in [1.54, 1.807) is 19.4 Å². The van der Waals surface area contributed by atoms with Gasteiger partial charge in [-0.2, -0.15) is 0 Å². The van der Waals surface area contributed by atoms with E-state index in [2.05, 4.69) is 37.1 Å². The molecule has 0 bridgehead atoms. The normalized spacial score (nSPS) is 16.4. The summed E-state index contributed by atoms with van der Waals surface area (Å²) in [5, 5.41) is 3.17. The highest BCUT2D eigenvalue weighted by atomic mass is 32.2. The zero-order valence-electron chi connectivity index (χ0n) is 21.1. The second kappa shape index (κ2) is 11.0. The number of rotatable bonds is 8. The molecule has 5 rings (SSSR count). The number of H-pyrrole nitrogens is 1. The third kappa shape index (κ3) is 5.48. The van der Waals surface area contributed by atoms with Gasteiger partial charge in [0.2, 0.25) is 5.88 Å². The van der Waals surface area contributed by atoms with Gasteiger partial charge in [-0.05, 0) is 36.6 Å². The van der Waals surface area contributed by atoms with Gasteiger partial charge < -0.3 is 19.6 Å². The number of nitrogens with one attached hydrogen (secondary N) is 2.